The molecule has 1 saturated carbocycles. The standard InChI is InChI=1S/C36H42N6O2.C28H40N6O2/c1-36(29-13-4-2-5-14-29,30-15-6-3-7-16-30)25-42-22-20-31(41-32(34(42)44)17-10-21-39-35(37)38)24-40-33(43)28-19-18-26-11-8-9-12-27(26)23-28;29-28(30)31-15-6-11-25-27(36)34(19-20-7-2-1-3-8-20)16-14-24(33-25)18-32-26(35)23-13-12-21-9-4-5-10-22(21)17-23/h2-9,11-16,18-19,23,31-32,41H,10,17,20-22,24-25H2,1H3,(H,40,43)(H4,37,38,39);4-5,9-10,12-13,17,20,24-25,33H,1-3,6-8,11,14-16,18-19H2,(H,32,35)(H4,29,30,31)/t31-,32-;24-,25-/m00/s1. The predicted octanol–water partition coefficient (Wildman–Crippen LogP) is 7.37. The van der Waals surface area contributed by atoms with Gasteiger partial charge >= 0.3 is 0 Å². The maximum absolute atomic E-state index is 14.1. The number of carbonyl (C=O) groups is 4. The van der Waals surface area contributed by atoms with Crippen molar-refractivity contribution in [1.29, 1.82) is 10.8 Å². The van der Waals surface area contributed by atoms with Crippen LogP contribution in [0.5, 0.6) is 0 Å². The molecule has 3 aliphatic rings. The normalized spacial score (nSPS) is 19.0. The number of rotatable bonds is 20. The van der Waals surface area contributed by atoms with E-state index in [2.05, 4.69) is 68.0 Å². The summed E-state index contributed by atoms with van der Waals surface area (Å²) in [7, 11) is 0. The maximum Gasteiger partial charge on any atom is 0.251 e. The molecule has 422 valence electrons. The van der Waals surface area contributed by atoms with Crippen molar-refractivity contribution in [2.45, 2.75) is 107 Å². The van der Waals surface area contributed by atoms with Crippen LogP contribution in [0.1, 0.15) is 109 Å². The van der Waals surface area contributed by atoms with E-state index in [0.29, 0.717) is 88.5 Å². The molecule has 2 saturated heterocycles. The van der Waals surface area contributed by atoms with Gasteiger partial charge < -0.3 is 53.2 Å². The van der Waals surface area contributed by atoms with Gasteiger partial charge in [0.05, 0.1) is 12.1 Å². The molecule has 9 rings (SSSR count). The minimum Gasteiger partial charge on any atom is -0.370 e. The van der Waals surface area contributed by atoms with Crippen LogP contribution in [0.2, 0.25) is 0 Å². The summed E-state index contributed by atoms with van der Waals surface area (Å²) in [5.41, 5.74) is 14.0. The number of fused-ring (bicyclic) bond motifs is 2. The summed E-state index contributed by atoms with van der Waals surface area (Å²) in [5, 5.41) is 38.0. The summed E-state index contributed by atoms with van der Waals surface area (Å²) in [6.07, 6.45) is 10.4. The van der Waals surface area contributed by atoms with E-state index in [9.17, 15) is 19.2 Å². The zero-order valence-electron chi connectivity index (χ0n) is 46.4. The predicted molar refractivity (Wildman–Crippen MR) is 321 cm³/mol. The molecule has 80 heavy (non-hydrogen) atoms. The van der Waals surface area contributed by atoms with E-state index < -0.39 is 11.5 Å². The van der Waals surface area contributed by atoms with E-state index in [1.54, 1.807) is 0 Å². The first-order valence-corrected chi connectivity index (χ1v) is 28.7. The highest BCUT2D eigenvalue weighted by atomic mass is 16.2. The highest BCUT2D eigenvalue weighted by Crippen LogP contribution is 2.34. The Morgan fingerprint density at radius 2 is 0.975 bits per heavy atom. The molecular formula is C64H82N12O4. The lowest BCUT2D eigenvalue weighted by atomic mass is 9.75. The fourth-order valence-corrected chi connectivity index (χ4v) is 11.6. The zero-order chi connectivity index (χ0) is 56.3. The van der Waals surface area contributed by atoms with Crippen molar-refractivity contribution in [2.24, 2.45) is 17.4 Å². The van der Waals surface area contributed by atoms with Crippen LogP contribution >= 0.6 is 0 Å². The van der Waals surface area contributed by atoms with Gasteiger partial charge in [0.25, 0.3) is 11.8 Å². The van der Waals surface area contributed by atoms with Crippen molar-refractivity contribution in [2.75, 3.05) is 52.4 Å². The number of nitrogens with one attached hydrogen (secondary N) is 8. The van der Waals surface area contributed by atoms with E-state index in [1.807, 2.05) is 126 Å². The third-order valence-corrected chi connectivity index (χ3v) is 16.1. The van der Waals surface area contributed by atoms with Gasteiger partial charge in [-0.05, 0) is 121 Å². The third kappa shape index (κ3) is 16.4. The van der Waals surface area contributed by atoms with E-state index in [1.165, 1.54) is 32.1 Å². The van der Waals surface area contributed by atoms with Gasteiger partial charge in [-0.1, -0.05) is 141 Å². The molecule has 12 N–H and O–H groups in total. The minimum absolute atomic E-state index is 0.0143. The minimum atomic E-state index is -0.426. The van der Waals surface area contributed by atoms with Gasteiger partial charge in [-0.25, -0.2) is 0 Å². The van der Waals surface area contributed by atoms with Crippen molar-refractivity contribution < 1.29 is 19.2 Å². The molecule has 6 aromatic rings. The lowest BCUT2D eigenvalue weighted by molar-refractivity contribution is -0.134. The molecule has 16 nitrogen and oxygen atoms in total. The number of hydrogen-bond donors (Lipinski definition) is 10. The Labute approximate surface area is 471 Å². The monoisotopic (exact) mass is 1080 g/mol. The smallest absolute Gasteiger partial charge is 0.251 e. The lowest BCUT2D eigenvalue weighted by Gasteiger charge is -2.37. The molecule has 0 spiro atoms. The number of amides is 4. The fraction of sp³-hybridized carbons (Fsp3) is 0.406. The molecule has 0 bridgehead atoms. The molecule has 2 heterocycles. The first-order chi connectivity index (χ1) is 38.8. The van der Waals surface area contributed by atoms with Crippen LogP contribution in [0.25, 0.3) is 21.5 Å². The Kier molecular flexibility index (Phi) is 21.1. The molecule has 0 aromatic heterocycles. The number of nitrogens with two attached hydrogens (primary N) is 2. The average molecular weight is 1080 g/mol. The number of hydrogen-bond acceptors (Lipinski definition) is 8. The maximum atomic E-state index is 14.1. The summed E-state index contributed by atoms with van der Waals surface area (Å²) in [4.78, 5) is 57.7. The number of guanidine groups is 2. The van der Waals surface area contributed by atoms with Crippen molar-refractivity contribution in [1.82, 2.24) is 41.7 Å². The molecule has 0 unspecified atom stereocenters. The summed E-state index contributed by atoms with van der Waals surface area (Å²) in [5.74, 6) is 0.436. The number of nitrogens with zero attached hydrogens (tertiary/aromatic N) is 2. The van der Waals surface area contributed by atoms with Crippen LogP contribution in [0, 0.1) is 16.7 Å². The van der Waals surface area contributed by atoms with Crippen LogP contribution in [0.4, 0.5) is 0 Å². The van der Waals surface area contributed by atoms with Crippen LogP contribution in [0.3, 0.4) is 0 Å². The quantitative estimate of drug-likeness (QED) is 0.0207. The zero-order valence-corrected chi connectivity index (χ0v) is 46.4. The Bertz CT molecular complexity index is 2980. The SMILES string of the molecule is CC(CN1CC[C@@H](CNC(=O)c2ccc3ccccc3c2)N[C@@H](CCCNC(=N)N)C1=O)(c1ccccc1)c1ccccc1.N=C(N)NCCC[C@@H]1N[C@H](CNC(=O)c2ccc3ccccc3c2)CCN(CC2CCCCC2)C1=O. The van der Waals surface area contributed by atoms with Gasteiger partial charge in [0.1, 0.15) is 0 Å². The van der Waals surface area contributed by atoms with Crippen LogP contribution in [-0.2, 0) is 15.0 Å². The fourth-order valence-electron chi connectivity index (χ4n) is 11.6. The topological polar surface area (TPSA) is 247 Å². The summed E-state index contributed by atoms with van der Waals surface area (Å²) < 4.78 is 0. The van der Waals surface area contributed by atoms with Crippen molar-refractivity contribution in [3.63, 3.8) is 0 Å². The highest BCUT2D eigenvalue weighted by Gasteiger charge is 2.38. The van der Waals surface area contributed by atoms with Crippen LogP contribution in [0.15, 0.2) is 146 Å². The largest absolute Gasteiger partial charge is 0.370 e. The molecule has 16 heteroatoms. The van der Waals surface area contributed by atoms with Crippen molar-refractivity contribution in [3.8, 4) is 0 Å². The first kappa shape index (κ1) is 58.3. The van der Waals surface area contributed by atoms with Crippen molar-refractivity contribution in [3.05, 3.63) is 168 Å². The van der Waals surface area contributed by atoms with Crippen LogP contribution < -0.4 is 43.4 Å². The summed E-state index contributed by atoms with van der Waals surface area (Å²) >= 11 is 0. The molecule has 4 atom stereocenters. The molecule has 6 aromatic carbocycles. The van der Waals surface area contributed by atoms with Gasteiger partial charge in [-0.15, -0.1) is 0 Å². The van der Waals surface area contributed by atoms with Gasteiger partial charge in [-0.3, -0.25) is 30.0 Å². The van der Waals surface area contributed by atoms with Gasteiger partial charge in [0, 0.05) is 81.0 Å². The Morgan fingerprint density at radius 1 is 0.550 bits per heavy atom. The summed E-state index contributed by atoms with van der Waals surface area (Å²) in [6.45, 7) is 6.79. The van der Waals surface area contributed by atoms with E-state index in [4.69, 9.17) is 22.3 Å². The molecule has 4 amide bonds. The molecule has 1 aliphatic carbocycles. The lowest BCUT2D eigenvalue weighted by Crippen LogP contribution is -2.51. The number of benzene rings is 6. The molecule has 2 aliphatic heterocycles. The van der Waals surface area contributed by atoms with Gasteiger partial charge in [0.15, 0.2) is 11.9 Å². The Balaban J connectivity index is 0.000000215. The molecule has 3 fully saturated rings. The molecular weight excluding hydrogens is 1000 g/mol. The van der Waals surface area contributed by atoms with Crippen molar-refractivity contribution >= 4 is 57.1 Å². The Morgan fingerprint density at radius 3 is 1.44 bits per heavy atom. The second-order valence-corrected chi connectivity index (χ2v) is 22.0. The average Bonchev–Trinajstić information content (AvgIpc) is 3.75. The van der Waals surface area contributed by atoms with E-state index in [-0.39, 0.29) is 53.7 Å². The van der Waals surface area contributed by atoms with Crippen LogP contribution in [-0.4, -0.2) is 122 Å². The van der Waals surface area contributed by atoms with E-state index >= 15 is 0 Å². The molecule has 0 radical (unpaired) electrons. The van der Waals surface area contributed by atoms with Gasteiger partial charge in [0.2, 0.25) is 11.8 Å². The van der Waals surface area contributed by atoms with E-state index in [0.717, 1.165) is 52.1 Å². The van der Waals surface area contributed by atoms with Gasteiger partial charge in [-0.2, -0.15) is 0 Å². The second kappa shape index (κ2) is 28.9. The number of carbonyl (C=O) groups excluding carboxylic acids is 4. The third-order valence-electron chi connectivity index (χ3n) is 16.1. The first-order valence-electron chi connectivity index (χ1n) is 28.7. The second-order valence-electron chi connectivity index (χ2n) is 22.0. The Hall–Kier alpha value is -7.82. The summed E-state index contributed by atoms with van der Waals surface area (Å²) in [6, 6.07) is 47.4. The highest BCUT2D eigenvalue weighted by molar-refractivity contribution is 5.99.